The average molecular weight is 301 g/mol. The topological polar surface area (TPSA) is 29.5 Å². The number of rotatable bonds is 3. The van der Waals surface area contributed by atoms with Gasteiger partial charge in [0.25, 0.3) is 0 Å². The minimum absolute atomic E-state index is 0.114. The molecule has 1 fully saturated rings. The molecule has 1 aliphatic rings. The predicted octanol–water partition coefficient (Wildman–Crippen LogP) is 3.63. The van der Waals surface area contributed by atoms with E-state index in [0.717, 1.165) is 18.9 Å². The monoisotopic (exact) mass is 301 g/mol. The number of anilines is 1. The molecule has 0 amide bonds. The number of methoxy groups -OCH3 is 1. The number of para-hydroxylation sites is 1. The molecule has 0 N–H and O–H groups in total. The third kappa shape index (κ3) is 3.68. The maximum atomic E-state index is 13.1. The first-order valence-electron chi connectivity index (χ1n) is 6.93. The van der Waals surface area contributed by atoms with Gasteiger partial charge in [0.15, 0.2) is 0 Å². The smallest absolute Gasteiger partial charge is 0.418 e. The van der Waals surface area contributed by atoms with E-state index in [1.54, 1.807) is 11.0 Å². The van der Waals surface area contributed by atoms with Crippen LogP contribution in [0.4, 0.5) is 18.9 Å². The highest BCUT2D eigenvalue weighted by molar-refractivity contribution is 5.71. The van der Waals surface area contributed by atoms with Crippen molar-refractivity contribution in [3.05, 3.63) is 29.8 Å². The molecule has 2 rings (SSSR count). The van der Waals surface area contributed by atoms with Crippen molar-refractivity contribution in [1.29, 1.82) is 0 Å². The zero-order valence-corrected chi connectivity index (χ0v) is 11.8. The Labute approximate surface area is 121 Å². The lowest BCUT2D eigenvalue weighted by atomic mass is 9.97. The van der Waals surface area contributed by atoms with Crippen molar-refractivity contribution in [2.45, 2.75) is 37.9 Å². The van der Waals surface area contributed by atoms with E-state index in [0.29, 0.717) is 13.0 Å². The lowest BCUT2D eigenvalue weighted by Crippen LogP contribution is -2.42. The predicted molar refractivity (Wildman–Crippen MR) is 73.1 cm³/mol. The van der Waals surface area contributed by atoms with E-state index in [9.17, 15) is 18.0 Å². The van der Waals surface area contributed by atoms with E-state index in [4.69, 9.17) is 0 Å². The largest absolute Gasteiger partial charge is 0.469 e. The molecular weight excluding hydrogens is 283 g/mol. The Balaban J connectivity index is 2.31. The number of carbonyl (C=O) groups excluding carboxylic acids is 1. The van der Waals surface area contributed by atoms with Crippen LogP contribution in [0.3, 0.4) is 0 Å². The molecule has 0 aliphatic carbocycles. The van der Waals surface area contributed by atoms with Gasteiger partial charge in [-0.25, -0.2) is 0 Å². The Bertz CT molecular complexity index is 502. The van der Waals surface area contributed by atoms with Gasteiger partial charge in [-0.1, -0.05) is 12.1 Å². The van der Waals surface area contributed by atoms with E-state index in [1.807, 2.05) is 0 Å². The second-order valence-corrected chi connectivity index (χ2v) is 5.14. The number of nitrogens with zero attached hydrogens (tertiary/aromatic N) is 1. The Hall–Kier alpha value is -1.72. The first-order valence-corrected chi connectivity index (χ1v) is 6.93. The quantitative estimate of drug-likeness (QED) is 0.799. The molecule has 0 bridgehead atoms. The van der Waals surface area contributed by atoms with E-state index in [-0.39, 0.29) is 18.2 Å². The van der Waals surface area contributed by atoms with Crippen molar-refractivity contribution in [2.75, 3.05) is 18.6 Å². The summed E-state index contributed by atoms with van der Waals surface area (Å²) in [6.07, 6.45) is -1.86. The standard InChI is InChI=1S/C15H18F3NO2/c1-21-14(20)10-11-6-4-5-9-19(11)13-8-3-2-7-12(13)15(16,17)18/h2-3,7-8,11H,4-6,9-10H2,1H3. The van der Waals surface area contributed by atoms with Crippen LogP contribution in [0.15, 0.2) is 24.3 Å². The van der Waals surface area contributed by atoms with Crippen molar-refractivity contribution in [3.63, 3.8) is 0 Å². The molecular formula is C15H18F3NO2. The number of piperidine rings is 1. The van der Waals surface area contributed by atoms with E-state index in [2.05, 4.69) is 4.74 Å². The summed E-state index contributed by atoms with van der Waals surface area (Å²) in [4.78, 5) is 13.2. The lowest BCUT2D eigenvalue weighted by molar-refractivity contribution is -0.141. The zero-order chi connectivity index (χ0) is 15.5. The van der Waals surface area contributed by atoms with Crippen LogP contribution in [-0.4, -0.2) is 25.7 Å². The number of hydrogen-bond acceptors (Lipinski definition) is 3. The van der Waals surface area contributed by atoms with Gasteiger partial charge in [0.2, 0.25) is 0 Å². The summed E-state index contributed by atoms with van der Waals surface area (Å²) >= 11 is 0. The third-order valence-corrected chi connectivity index (χ3v) is 3.78. The van der Waals surface area contributed by atoms with Crippen molar-refractivity contribution >= 4 is 11.7 Å². The number of ether oxygens (including phenoxy) is 1. The molecule has 0 saturated carbocycles. The second-order valence-electron chi connectivity index (χ2n) is 5.14. The number of alkyl halides is 3. The van der Waals surface area contributed by atoms with Crippen LogP contribution in [-0.2, 0) is 15.7 Å². The summed E-state index contributed by atoms with van der Waals surface area (Å²) in [5, 5.41) is 0. The molecule has 116 valence electrons. The molecule has 1 aliphatic heterocycles. The van der Waals surface area contributed by atoms with Gasteiger partial charge in [-0.3, -0.25) is 4.79 Å². The van der Waals surface area contributed by atoms with Crippen molar-refractivity contribution < 1.29 is 22.7 Å². The maximum absolute atomic E-state index is 13.1. The average Bonchev–Trinajstić information content (AvgIpc) is 2.47. The molecule has 1 saturated heterocycles. The van der Waals surface area contributed by atoms with Gasteiger partial charge < -0.3 is 9.64 Å². The Morgan fingerprint density at radius 2 is 2.05 bits per heavy atom. The summed E-state index contributed by atoms with van der Waals surface area (Å²) in [5.41, 5.74) is -0.500. The summed E-state index contributed by atoms with van der Waals surface area (Å²) in [6, 6.07) is 5.28. The zero-order valence-electron chi connectivity index (χ0n) is 11.8. The molecule has 6 heteroatoms. The van der Waals surface area contributed by atoms with Crippen LogP contribution >= 0.6 is 0 Å². The highest BCUT2D eigenvalue weighted by atomic mass is 19.4. The molecule has 0 spiro atoms. The van der Waals surface area contributed by atoms with Gasteiger partial charge in [-0.05, 0) is 31.4 Å². The van der Waals surface area contributed by atoms with Crippen LogP contribution < -0.4 is 4.90 Å². The summed E-state index contributed by atoms with van der Waals surface area (Å²) in [5.74, 6) is -0.392. The highest BCUT2D eigenvalue weighted by Gasteiger charge is 2.36. The number of benzene rings is 1. The van der Waals surface area contributed by atoms with Crippen molar-refractivity contribution in [2.24, 2.45) is 0 Å². The Kier molecular flexibility index (Phi) is 4.75. The van der Waals surface area contributed by atoms with Crippen LogP contribution in [0.1, 0.15) is 31.2 Å². The molecule has 0 aromatic heterocycles. The molecule has 1 aromatic carbocycles. The number of carbonyl (C=O) groups is 1. The van der Waals surface area contributed by atoms with Gasteiger partial charge in [-0.2, -0.15) is 13.2 Å². The molecule has 1 heterocycles. The molecule has 0 radical (unpaired) electrons. The van der Waals surface area contributed by atoms with Gasteiger partial charge in [0, 0.05) is 18.3 Å². The Morgan fingerprint density at radius 3 is 2.71 bits per heavy atom. The minimum atomic E-state index is -4.40. The fourth-order valence-electron chi connectivity index (χ4n) is 2.77. The molecule has 1 aromatic rings. The van der Waals surface area contributed by atoms with Crippen LogP contribution in [0, 0.1) is 0 Å². The van der Waals surface area contributed by atoms with Gasteiger partial charge >= 0.3 is 12.1 Å². The number of halogens is 3. The van der Waals surface area contributed by atoms with Crippen molar-refractivity contribution in [3.8, 4) is 0 Å². The maximum Gasteiger partial charge on any atom is 0.418 e. The molecule has 1 unspecified atom stereocenters. The number of esters is 1. The Morgan fingerprint density at radius 1 is 1.33 bits per heavy atom. The molecule has 1 atom stereocenters. The number of hydrogen-bond donors (Lipinski definition) is 0. The second kappa shape index (κ2) is 6.37. The summed E-state index contributed by atoms with van der Waals surface area (Å²) in [6.45, 7) is 0.523. The fraction of sp³-hybridized carbons (Fsp3) is 0.533. The van der Waals surface area contributed by atoms with E-state index in [1.165, 1.54) is 19.2 Å². The van der Waals surface area contributed by atoms with E-state index < -0.39 is 17.7 Å². The summed E-state index contributed by atoms with van der Waals surface area (Å²) < 4.78 is 44.1. The molecule has 21 heavy (non-hydrogen) atoms. The SMILES string of the molecule is COC(=O)CC1CCCCN1c1ccccc1C(F)(F)F. The van der Waals surface area contributed by atoms with Crippen LogP contribution in [0.5, 0.6) is 0 Å². The third-order valence-electron chi connectivity index (χ3n) is 3.78. The van der Waals surface area contributed by atoms with Crippen molar-refractivity contribution in [1.82, 2.24) is 0 Å². The van der Waals surface area contributed by atoms with Crippen LogP contribution in [0.25, 0.3) is 0 Å². The van der Waals surface area contributed by atoms with Gasteiger partial charge in [0.1, 0.15) is 0 Å². The lowest BCUT2D eigenvalue weighted by Gasteiger charge is -2.38. The normalized spacial score (nSPS) is 19.4. The first kappa shape index (κ1) is 15.7. The van der Waals surface area contributed by atoms with E-state index >= 15 is 0 Å². The highest BCUT2D eigenvalue weighted by Crippen LogP contribution is 2.38. The summed E-state index contributed by atoms with van der Waals surface area (Å²) in [7, 11) is 1.29. The van der Waals surface area contributed by atoms with Gasteiger partial charge in [-0.15, -0.1) is 0 Å². The van der Waals surface area contributed by atoms with Crippen LogP contribution in [0.2, 0.25) is 0 Å². The fourth-order valence-corrected chi connectivity index (χ4v) is 2.77. The first-order chi connectivity index (χ1) is 9.93. The van der Waals surface area contributed by atoms with Gasteiger partial charge in [0.05, 0.1) is 19.1 Å². The molecule has 3 nitrogen and oxygen atoms in total. The minimum Gasteiger partial charge on any atom is -0.469 e.